The van der Waals surface area contributed by atoms with Crippen molar-refractivity contribution in [3.63, 3.8) is 0 Å². The smallest absolute Gasteiger partial charge is 0.231 e. The van der Waals surface area contributed by atoms with Gasteiger partial charge in [0, 0.05) is 18.4 Å². The van der Waals surface area contributed by atoms with Crippen LogP contribution in [0.25, 0.3) is 0 Å². The minimum atomic E-state index is -0.574. The number of amides is 1. The molecule has 2 aliphatic carbocycles. The molecule has 24 heavy (non-hydrogen) atoms. The lowest BCUT2D eigenvalue weighted by atomic mass is 9.64. The topological polar surface area (TPSA) is 64.6 Å². The van der Waals surface area contributed by atoms with Gasteiger partial charge in [0.05, 0.1) is 5.41 Å². The largest absolute Gasteiger partial charge is 0.454 e. The van der Waals surface area contributed by atoms with Crippen LogP contribution in [0.2, 0.25) is 0 Å². The number of ether oxygens (including phenoxy) is 2. The van der Waals surface area contributed by atoms with Crippen LogP contribution in [0.5, 0.6) is 11.5 Å². The molecule has 0 spiro atoms. The normalized spacial score (nSPS) is 32.2. The summed E-state index contributed by atoms with van der Waals surface area (Å²) in [6.45, 7) is 6.84. The number of hydrogen-bond donors (Lipinski definition) is 1. The Bertz CT molecular complexity index is 741. The van der Waals surface area contributed by atoms with Gasteiger partial charge in [-0.1, -0.05) is 26.8 Å². The van der Waals surface area contributed by atoms with Gasteiger partial charge >= 0.3 is 0 Å². The maximum atomic E-state index is 13.0. The number of carbonyl (C=O) groups is 2. The molecule has 1 N–H and O–H groups in total. The Labute approximate surface area is 141 Å². The van der Waals surface area contributed by atoms with E-state index in [4.69, 9.17) is 9.47 Å². The molecule has 2 bridgehead atoms. The van der Waals surface area contributed by atoms with E-state index in [1.165, 1.54) is 0 Å². The van der Waals surface area contributed by atoms with Crippen molar-refractivity contribution in [3.05, 3.63) is 23.8 Å². The van der Waals surface area contributed by atoms with Gasteiger partial charge in [-0.05, 0) is 36.0 Å². The van der Waals surface area contributed by atoms with E-state index >= 15 is 0 Å². The molecule has 2 atom stereocenters. The summed E-state index contributed by atoms with van der Waals surface area (Å²) in [7, 11) is 0. The highest BCUT2D eigenvalue weighted by Gasteiger charge is 2.72. The minimum absolute atomic E-state index is 0.000239. The summed E-state index contributed by atoms with van der Waals surface area (Å²) in [5, 5.41) is 3.06. The fraction of sp³-hybridized carbons (Fsp3) is 0.579. The molecule has 1 aromatic rings. The number of Topliss-reactive ketones (excluding diaryl/α,β-unsaturated/α-hetero) is 1. The van der Waals surface area contributed by atoms with Gasteiger partial charge in [-0.15, -0.1) is 0 Å². The predicted octanol–water partition coefficient (Wildman–Crippen LogP) is 2.82. The average Bonchev–Trinajstić information content (AvgIpc) is 3.13. The van der Waals surface area contributed by atoms with E-state index in [1.807, 2.05) is 25.1 Å². The zero-order valence-electron chi connectivity index (χ0n) is 14.4. The summed E-state index contributed by atoms with van der Waals surface area (Å²) in [5.41, 5.74) is -0.291. The molecule has 4 rings (SSSR count). The van der Waals surface area contributed by atoms with Gasteiger partial charge in [-0.25, -0.2) is 0 Å². The number of rotatable bonds is 3. The van der Waals surface area contributed by atoms with Crippen LogP contribution in [0, 0.1) is 16.2 Å². The molecule has 5 heteroatoms. The predicted molar refractivity (Wildman–Crippen MR) is 87.6 cm³/mol. The zero-order valence-corrected chi connectivity index (χ0v) is 14.4. The Hall–Kier alpha value is -2.04. The van der Waals surface area contributed by atoms with Crippen molar-refractivity contribution >= 4 is 11.7 Å². The molecule has 1 heterocycles. The summed E-state index contributed by atoms with van der Waals surface area (Å²) in [6, 6.07) is 5.68. The summed E-state index contributed by atoms with van der Waals surface area (Å²) in [4.78, 5) is 25.5. The number of carbonyl (C=O) groups excluding carboxylic acids is 2. The quantitative estimate of drug-likeness (QED) is 0.926. The first-order chi connectivity index (χ1) is 11.3. The molecule has 1 aliphatic heterocycles. The van der Waals surface area contributed by atoms with Crippen LogP contribution in [-0.2, 0) is 16.1 Å². The molecule has 0 saturated heterocycles. The fourth-order valence-corrected chi connectivity index (χ4v) is 4.76. The van der Waals surface area contributed by atoms with Gasteiger partial charge in [-0.2, -0.15) is 0 Å². The first-order valence-electron chi connectivity index (χ1n) is 8.50. The number of ketones is 1. The summed E-state index contributed by atoms with van der Waals surface area (Å²) in [6.07, 6.45) is 1.95. The van der Waals surface area contributed by atoms with Crippen LogP contribution in [0.4, 0.5) is 0 Å². The second-order valence-electron chi connectivity index (χ2n) is 8.01. The maximum absolute atomic E-state index is 13.0. The van der Waals surface area contributed by atoms with Crippen molar-refractivity contribution in [2.45, 2.75) is 46.6 Å². The van der Waals surface area contributed by atoms with E-state index in [0.29, 0.717) is 18.7 Å². The standard InChI is InChI=1S/C19H23NO4/c1-17(2)18(3)6-7-19(17,9-15(18)21)16(22)20-10-12-4-5-13-14(8-12)24-11-23-13/h4-5,8H,6-7,9-11H2,1-3H3,(H,20,22)/t18-,19+/m1/s1. The van der Waals surface area contributed by atoms with Crippen molar-refractivity contribution in [2.75, 3.05) is 6.79 Å². The molecule has 3 aliphatic rings. The summed E-state index contributed by atoms with van der Waals surface area (Å²) in [5.74, 6) is 1.68. The molecule has 1 amide bonds. The van der Waals surface area contributed by atoms with Crippen LogP contribution in [0.3, 0.4) is 0 Å². The van der Waals surface area contributed by atoms with Crippen LogP contribution in [0.1, 0.15) is 45.6 Å². The summed E-state index contributed by atoms with van der Waals surface area (Å²) < 4.78 is 10.7. The Morgan fingerprint density at radius 1 is 1.17 bits per heavy atom. The third kappa shape index (κ3) is 1.75. The van der Waals surface area contributed by atoms with Crippen molar-refractivity contribution in [1.29, 1.82) is 0 Å². The number of nitrogens with one attached hydrogen (secondary N) is 1. The molecule has 1 aromatic carbocycles. The van der Waals surface area contributed by atoms with Gasteiger partial charge in [0.2, 0.25) is 12.7 Å². The van der Waals surface area contributed by atoms with Crippen LogP contribution in [0.15, 0.2) is 18.2 Å². The molecular formula is C19H23NO4. The lowest BCUT2D eigenvalue weighted by Crippen LogP contribution is -2.46. The van der Waals surface area contributed by atoms with Gasteiger partial charge in [0.25, 0.3) is 0 Å². The zero-order chi connectivity index (χ0) is 17.2. The molecule has 2 fully saturated rings. The van der Waals surface area contributed by atoms with E-state index in [2.05, 4.69) is 19.2 Å². The second-order valence-corrected chi connectivity index (χ2v) is 8.01. The molecule has 0 radical (unpaired) electrons. The fourth-order valence-electron chi connectivity index (χ4n) is 4.76. The van der Waals surface area contributed by atoms with E-state index in [-0.39, 0.29) is 29.3 Å². The second kappa shape index (κ2) is 4.74. The first kappa shape index (κ1) is 15.5. The monoisotopic (exact) mass is 329 g/mol. The van der Waals surface area contributed by atoms with E-state index in [1.54, 1.807) is 0 Å². The van der Waals surface area contributed by atoms with E-state index in [9.17, 15) is 9.59 Å². The molecule has 0 unspecified atom stereocenters. The van der Waals surface area contributed by atoms with Crippen molar-refractivity contribution in [3.8, 4) is 11.5 Å². The van der Waals surface area contributed by atoms with Crippen LogP contribution in [-0.4, -0.2) is 18.5 Å². The lowest BCUT2D eigenvalue weighted by Gasteiger charge is -2.38. The van der Waals surface area contributed by atoms with Crippen molar-refractivity contribution in [2.24, 2.45) is 16.2 Å². The molecule has 128 valence electrons. The maximum Gasteiger partial charge on any atom is 0.231 e. The number of hydrogen-bond acceptors (Lipinski definition) is 4. The van der Waals surface area contributed by atoms with Gasteiger partial charge in [-0.3, -0.25) is 9.59 Å². The molecule has 5 nitrogen and oxygen atoms in total. The van der Waals surface area contributed by atoms with E-state index < -0.39 is 5.41 Å². The highest BCUT2D eigenvalue weighted by Crippen LogP contribution is 2.70. The Morgan fingerprint density at radius 3 is 2.58 bits per heavy atom. The first-order valence-corrected chi connectivity index (χ1v) is 8.50. The Balaban J connectivity index is 1.52. The van der Waals surface area contributed by atoms with Crippen LogP contribution >= 0.6 is 0 Å². The molecule has 0 aromatic heterocycles. The third-order valence-electron chi connectivity index (χ3n) is 7.03. The van der Waals surface area contributed by atoms with Crippen molar-refractivity contribution < 1.29 is 19.1 Å². The molecular weight excluding hydrogens is 306 g/mol. The van der Waals surface area contributed by atoms with Gasteiger partial charge in [0.1, 0.15) is 5.78 Å². The highest BCUT2D eigenvalue weighted by molar-refractivity contribution is 5.99. The lowest BCUT2D eigenvalue weighted by molar-refractivity contribution is -0.136. The van der Waals surface area contributed by atoms with Crippen molar-refractivity contribution in [1.82, 2.24) is 5.32 Å². The Morgan fingerprint density at radius 2 is 1.92 bits per heavy atom. The van der Waals surface area contributed by atoms with E-state index in [0.717, 1.165) is 24.2 Å². The average molecular weight is 329 g/mol. The molecule has 2 saturated carbocycles. The van der Waals surface area contributed by atoms with Crippen LogP contribution < -0.4 is 14.8 Å². The minimum Gasteiger partial charge on any atom is -0.454 e. The number of fused-ring (bicyclic) bond motifs is 3. The van der Waals surface area contributed by atoms with Gasteiger partial charge < -0.3 is 14.8 Å². The highest BCUT2D eigenvalue weighted by atomic mass is 16.7. The Kier molecular flexibility index (Phi) is 3.06. The SMILES string of the molecule is CC1(C)[C@@]2(C(=O)NCc3ccc4c(c3)OCO4)CC[C@]1(C)C(=O)C2. The number of benzene rings is 1. The van der Waals surface area contributed by atoms with Gasteiger partial charge in [0.15, 0.2) is 11.5 Å². The third-order valence-corrected chi connectivity index (χ3v) is 7.03. The summed E-state index contributed by atoms with van der Waals surface area (Å²) >= 11 is 0.